The fraction of sp³-hybridized carbons (Fsp3) is 0.625. The number of benzene rings is 1. The molecule has 20 heavy (non-hydrogen) atoms. The quantitative estimate of drug-likeness (QED) is 0.917. The molecule has 0 saturated heterocycles. The second-order valence-electron chi connectivity index (χ2n) is 6.03. The minimum Gasteiger partial charge on any atom is -0.490 e. The van der Waals surface area contributed by atoms with E-state index in [0.29, 0.717) is 0 Å². The van der Waals surface area contributed by atoms with Crippen LogP contribution in [0.15, 0.2) is 18.2 Å². The molecule has 0 bridgehead atoms. The summed E-state index contributed by atoms with van der Waals surface area (Å²) in [5, 5.41) is 3.42. The number of rotatable bonds is 4. The lowest BCUT2D eigenvalue weighted by Gasteiger charge is -2.40. The van der Waals surface area contributed by atoms with E-state index in [2.05, 4.69) is 50.3 Å². The van der Waals surface area contributed by atoms with E-state index in [1.807, 2.05) is 13.1 Å². The summed E-state index contributed by atoms with van der Waals surface area (Å²) >= 11 is 0. The van der Waals surface area contributed by atoms with Crippen LogP contribution in [0.5, 0.6) is 11.5 Å². The van der Waals surface area contributed by atoms with Crippen LogP contribution in [-0.4, -0.2) is 44.8 Å². The third-order valence-electron chi connectivity index (χ3n) is 4.25. The molecule has 0 spiro atoms. The van der Waals surface area contributed by atoms with E-state index < -0.39 is 0 Å². The summed E-state index contributed by atoms with van der Waals surface area (Å²) in [4.78, 5) is 2.23. The molecular formula is C16H26N2O2. The van der Waals surface area contributed by atoms with Crippen molar-refractivity contribution in [2.75, 3.05) is 34.4 Å². The third-order valence-corrected chi connectivity index (χ3v) is 4.25. The van der Waals surface area contributed by atoms with Crippen LogP contribution < -0.4 is 14.8 Å². The van der Waals surface area contributed by atoms with Crippen LogP contribution in [0.4, 0.5) is 0 Å². The molecule has 1 aromatic rings. The number of nitrogens with zero attached hydrogens (tertiary/aromatic N) is 1. The molecule has 0 amide bonds. The minimum absolute atomic E-state index is 0.00538. The highest BCUT2D eigenvalue weighted by atomic mass is 16.5. The van der Waals surface area contributed by atoms with E-state index in [1.54, 1.807) is 0 Å². The van der Waals surface area contributed by atoms with Gasteiger partial charge >= 0.3 is 0 Å². The Morgan fingerprint density at radius 1 is 1.15 bits per heavy atom. The maximum atomic E-state index is 5.79. The number of nitrogens with one attached hydrogen (secondary N) is 1. The zero-order valence-corrected chi connectivity index (χ0v) is 13.2. The lowest BCUT2D eigenvalue weighted by atomic mass is 9.87. The van der Waals surface area contributed by atoms with Gasteiger partial charge in [0, 0.05) is 12.0 Å². The van der Waals surface area contributed by atoms with Gasteiger partial charge < -0.3 is 19.7 Å². The van der Waals surface area contributed by atoms with Gasteiger partial charge in [-0.15, -0.1) is 0 Å². The number of ether oxygens (including phenoxy) is 2. The van der Waals surface area contributed by atoms with Crippen molar-refractivity contribution in [3.05, 3.63) is 23.8 Å². The van der Waals surface area contributed by atoms with Crippen LogP contribution in [0.25, 0.3) is 0 Å². The number of hydrogen-bond acceptors (Lipinski definition) is 4. The van der Waals surface area contributed by atoms with Gasteiger partial charge in [0.1, 0.15) is 0 Å². The van der Waals surface area contributed by atoms with E-state index in [1.165, 1.54) is 5.56 Å². The Morgan fingerprint density at radius 2 is 1.80 bits per heavy atom. The summed E-state index contributed by atoms with van der Waals surface area (Å²) in [6.07, 6.45) is 0.933. The van der Waals surface area contributed by atoms with Crippen molar-refractivity contribution in [1.29, 1.82) is 0 Å². The second kappa shape index (κ2) is 6.02. The first kappa shape index (κ1) is 15.1. The molecular weight excluding hydrogens is 252 g/mol. The van der Waals surface area contributed by atoms with Crippen molar-refractivity contribution in [1.82, 2.24) is 10.2 Å². The maximum absolute atomic E-state index is 5.79. The molecule has 1 aliphatic rings. The zero-order valence-electron chi connectivity index (χ0n) is 13.2. The van der Waals surface area contributed by atoms with Gasteiger partial charge in [-0.25, -0.2) is 0 Å². The first-order valence-corrected chi connectivity index (χ1v) is 7.21. The average molecular weight is 278 g/mol. The lowest BCUT2D eigenvalue weighted by Crippen LogP contribution is -2.48. The van der Waals surface area contributed by atoms with Crippen molar-refractivity contribution in [2.24, 2.45) is 0 Å². The zero-order chi connectivity index (χ0) is 14.8. The van der Waals surface area contributed by atoms with Gasteiger partial charge in [-0.1, -0.05) is 6.07 Å². The smallest absolute Gasteiger partial charge is 0.161 e. The average Bonchev–Trinajstić information content (AvgIpc) is 2.63. The highest BCUT2D eigenvalue weighted by molar-refractivity contribution is 5.44. The Labute approximate surface area is 122 Å². The van der Waals surface area contributed by atoms with Gasteiger partial charge in [0.05, 0.1) is 19.3 Å². The summed E-state index contributed by atoms with van der Waals surface area (Å²) in [5.74, 6) is 1.71. The summed E-state index contributed by atoms with van der Waals surface area (Å²) in [7, 11) is 6.21. The predicted molar refractivity (Wildman–Crippen MR) is 81.6 cm³/mol. The Morgan fingerprint density at radius 3 is 2.40 bits per heavy atom. The molecule has 2 rings (SSSR count). The molecule has 112 valence electrons. The van der Waals surface area contributed by atoms with Crippen molar-refractivity contribution in [3.8, 4) is 11.5 Å². The molecule has 1 atom stereocenters. The molecule has 1 heterocycles. The van der Waals surface area contributed by atoms with Gasteiger partial charge in [0.2, 0.25) is 0 Å². The summed E-state index contributed by atoms with van der Waals surface area (Å²) < 4.78 is 11.5. The van der Waals surface area contributed by atoms with Gasteiger partial charge in [-0.05, 0) is 52.7 Å². The molecule has 1 aromatic carbocycles. The molecule has 0 aliphatic carbocycles. The van der Waals surface area contributed by atoms with Gasteiger partial charge in [0.25, 0.3) is 0 Å². The third kappa shape index (κ3) is 2.91. The molecule has 1 aliphatic heterocycles. The summed E-state index contributed by atoms with van der Waals surface area (Å²) in [6.45, 7) is 5.91. The Balaban J connectivity index is 2.34. The van der Waals surface area contributed by atoms with E-state index in [9.17, 15) is 0 Å². The lowest BCUT2D eigenvalue weighted by molar-refractivity contribution is 0.142. The summed E-state index contributed by atoms with van der Waals surface area (Å²) in [5.41, 5.74) is 1.21. The molecule has 4 nitrogen and oxygen atoms in total. The highest BCUT2D eigenvalue weighted by Crippen LogP contribution is 2.36. The fourth-order valence-electron chi connectivity index (χ4n) is 2.55. The van der Waals surface area contributed by atoms with E-state index in [-0.39, 0.29) is 11.6 Å². The SMILES string of the molecule is CNC(c1ccc2c(c1)OCCCO2)C(C)(C)N(C)C. The van der Waals surface area contributed by atoms with Crippen molar-refractivity contribution >= 4 is 0 Å². The van der Waals surface area contributed by atoms with E-state index in [4.69, 9.17) is 9.47 Å². The first-order chi connectivity index (χ1) is 9.46. The van der Waals surface area contributed by atoms with E-state index >= 15 is 0 Å². The molecule has 0 saturated carbocycles. The van der Waals surface area contributed by atoms with Crippen LogP contribution in [0.1, 0.15) is 31.9 Å². The Bertz CT molecular complexity index is 458. The first-order valence-electron chi connectivity index (χ1n) is 7.21. The minimum atomic E-state index is -0.00538. The largest absolute Gasteiger partial charge is 0.490 e. The van der Waals surface area contributed by atoms with Gasteiger partial charge in [0.15, 0.2) is 11.5 Å². The van der Waals surface area contributed by atoms with Crippen LogP contribution in [0.2, 0.25) is 0 Å². The second-order valence-corrected chi connectivity index (χ2v) is 6.03. The van der Waals surface area contributed by atoms with Crippen LogP contribution in [-0.2, 0) is 0 Å². The van der Waals surface area contributed by atoms with Crippen LogP contribution >= 0.6 is 0 Å². The molecule has 4 heteroatoms. The van der Waals surface area contributed by atoms with E-state index in [0.717, 1.165) is 31.1 Å². The van der Waals surface area contributed by atoms with Gasteiger partial charge in [-0.2, -0.15) is 0 Å². The monoisotopic (exact) mass is 278 g/mol. The van der Waals surface area contributed by atoms with Gasteiger partial charge in [-0.3, -0.25) is 0 Å². The number of hydrogen-bond donors (Lipinski definition) is 1. The van der Waals surface area contributed by atoms with Crippen molar-refractivity contribution in [2.45, 2.75) is 31.8 Å². The van der Waals surface area contributed by atoms with Crippen LogP contribution in [0.3, 0.4) is 0 Å². The molecule has 0 fully saturated rings. The van der Waals surface area contributed by atoms with Crippen LogP contribution in [0, 0.1) is 0 Å². The molecule has 1 N–H and O–H groups in total. The normalized spacial score (nSPS) is 16.9. The molecule has 1 unspecified atom stereocenters. The maximum Gasteiger partial charge on any atom is 0.161 e. The Hall–Kier alpha value is -1.26. The predicted octanol–water partition coefficient (Wildman–Crippen LogP) is 2.45. The fourth-order valence-corrected chi connectivity index (χ4v) is 2.55. The number of likely N-dealkylation sites (N-methyl/N-ethyl adjacent to an activating group) is 2. The molecule has 0 aromatic heterocycles. The van der Waals surface area contributed by atoms with Crippen molar-refractivity contribution in [3.63, 3.8) is 0 Å². The highest BCUT2D eigenvalue weighted by Gasteiger charge is 2.32. The number of fused-ring (bicyclic) bond motifs is 1. The topological polar surface area (TPSA) is 33.7 Å². The standard InChI is InChI=1S/C16H26N2O2/c1-16(2,18(4)5)15(17-3)12-7-8-13-14(11-12)20-10-6-9-19-13/h7-8,11,15,17H,6,9-10H2,1-5H3. The van der Waals surface area contributed by atoms with Crippen molar-refractivity contribution < 1.29 is 9.47 Å². The molecule has 0 radical (unpaired) electrons. The Kier molecular flexibility index (Phi) is 4.55. The summed E-state index contributed by atoms with van der Waals surface area (Å²) in [6, 6.07) is 6.47.